The molecule has 2 N–H and O–H groups in total. The van der Waals surface area contributed by atoms with Gasteiger partial charge in [0.2, 0.25) is 0 Å². The first-order valence-electron chi connectivity index (χ1n) is 12.6. The van der Waals surface area contributed by atoms with Crippen molar-refractivity contribution in [1.29, 1.82) is 0 Å². The van der Waals surface area contributed by atoms with Crippen LogP contribution in [0.15, 0.2) is 24.3 Å². The van der Waals surface area contributed by atoms with Crippen molar-refractivity contribution in [3.63, 3.8) is 0 Å². The number of aryl methyl sites for hydroxylation is 2. The smallest absolute Gasteiger partial charge is 0.0684 e. The molecule has 2 heteroatoms. The molecule has 0 unspecified atom stereocenters. The summed E-state index contributed by atoms with van der Waals surface area (Å²) < 4.78 is 0. The van der Waals surface area contributed by atoms with Crippen LogP contribution in [0.4, 0.5) is 0 Å². The van der Waals surface area contributed by atoms with Gasteiger partial charge in [0.05, 0.1) is 13.2 Å². The van der Waals surface area contributed by atoms with Crippen LogP contribution < -0.4 is 0 Å². The standard InChI is InChI=1S/C29H40O2/c1-20-13-24(28(16-26(20)18-30)22-9-5-3-6-10-22)15-25-14-21(2)27(19-31)17-29(25)23-11-7-4-8-12-23/h13-14,16-17,22-23,30-31H,3-12,15,18-19H2,1-2H3. The lowest BCUT2D eigenvalue weighted by molar-refractivity contribution is 0.280. The Bertz CT molecular complexity index is 813. The lowest BCUT2D eigenvalue weighted by atomic mass is 9.77. The summed E-state index contributed by atoms with van der Waals surface area (Å²) in [6, 6.07) is 9.34. The van der Waals surface area contributed by atoms with E-state index in [4.69, 9.17) is 0 Å². The zero-order valence-electron chi connectivity index (χ0n) is 19.6. The van der Waals surface area contributed by atoms with Crippen LogP contribution in [-0.2, 0) is 19.6 Å². The molecule has 31 heavy (non-hydrogen) atoms. The van der Waals surface area contributed by atoms with Crippen LogP contribution in [0.25, 0.3) is 0 Å². The van der Waals surface area contributed by atoms with Crippen LogP contribution >= 0.6 is 0 Å². The molecule has 0 radical (unpaired) electrons. The van der Waals surface area contributed by atoms with Crippen molar-refractivity contribution in [2.75, 3.05) is 0 Å². The number of hydrogen-bond donors (Lipinski definition) is 2. The molecule has 0 spiro atoms. The van der Waals surface area contributed by atoms with Gasteiger partial charge in [-0.05, 0) is 102 Å². The fraction of sp³-hybridized carbons (Fsp3) is 0.586. The molecule has 0 amide bonds. The average Bonchev–Trinajstić information content (AvgIpc) is 2.80. The highest BCUT2D eigenvalue weighted by molar-refractivity contribution is 5.47. The highest BCUT2D eigenvalue weighted by Gasteiger charge is 2.23. The Labute approximate surface area is 188 Å². The first kappa shape index (κ1) is 22.6. The lowest BCUT2D eigenvalue weighted by Crippen LogP contribution is -2.12. The lowest BCUT2D eigenvalue weighted by Gasteiger charge is -2.28. The minimum absolute atomic E-state index is 0.128. The van der Waals surface area contributed by atoms with E-state index in [2.05, 4.69) is 38.1 Å². The Morgan fingerprint density at radius 3 is 1.32 bits per heavy atom. The van der Waals surface area contributed by atoms with Gasteiger partial charge in [0, 0.05) is 0 Å². The SMILES string of the molecule is Cc1cc(Cc2cc(C)c(CO)cc2C2CCCCC2)c(C2CCCCC2)cc1CO. The quantitative estimate of drug-likeness (QED) is 0.529. The average molecular weight is 421 g/mol. The monoisotopic (exact) mass is 420 g/mol. The van der Waals surface area contributed by atoms with Crippen LogP contribution in [0, 0.1) is 13.8 Å². The van der Waals surface area contributed by atoms with E-state index in [1.807, 2.05) is 0 Å². The second-order valence-electron chi connectivity index (χ2n) is 10.1. The Hall–Kier alpha value is -1.64. The van der Waals surface area contributed by atoms with Crippen molar-refractivity contribution in [3.8, 4) is 0 Å². The predicted molar refractivity (Wildman–Crippen MR) is 129 cm³/mol. The van der Waals surface area contributed by atoms with Crippen molar-refractivity contribution >= 4 is 0 Å². The van der Waals surface area contributed by atoms with Crippen molar-refractivity contribution in [2.24, 2.45) is 0 Å². The van der Waals surface area contributed by atoms with Crippen LogP contribution in [-0.4, -0.2) is 10.2 Å². The number of aliphatic hydroxyl groups excluding tert-OH is 2. The molecule has 2 aliphatic carbocycles. The van der Waals surface area contributed by atoms with Crippen LogP contribution in [0.2, 0.25) is 0 Å². The van der Waals surface area contributed by atoms with E-state index in [1.165, 1.54) is 97.6 Å². The summed E-state index contributed by atoms with van der Waals surface area (Å²) in [5, 5.41) is 19.8. The van der Waals surface area contributed by atoms with Gasteiger partial charge in [-0.2, -0.15) is 0 Å². The number of aliphatic hydroxyl groups is 2. The summed E-state index contributed by atoms with van der Waals surface area (Å²) >= 11 is 0. The Morgan fingerprint density at radius 2 is 0.968 bits per heavy atom. The second-order valence-corrected chi connectivity index (χ2v) is 10.1. The molecule has 0 atom stereocenters. The van der Waals surface area contributed by atoms with E-state index in [9.17, 15) is 10.2 Å². The number of rotatable bonds is 6. The Kier molecular flexibility index (Phi) is 7.51. The molecular weight excluding hydrogens is 380 g/mol. The molecule has 168 valence electrons. The van der Waals surface area contributed by atoms with E-state index in [0.717, 1.165) is 17.5 Å². The summed E-state index contributed by atoms with van der Waals surface area (Å²) in [6.07, 6.45) is 14.1. The van der Waals surface area contributed by atoms with Gasteiger partial charge in [0.1, 0.15) is 0 Å². The number of benzene rings is 2. The maximum Gasteiger partial charge on any atom is 0.0684 e. The van der Waals surface area contributed by atoms with Gasteiger partial charge in [-0.15, -0.1) is 0 Å². The highest BCUT2D eigenvalue weighted by atomic mass is 16.3. The van der Waals surface area contributed by atoms with Crippen LogP contribution in [0.5, 0.6) is 0 Å². The van der Waals surface area contributed by atoms with E-state index in [-0.39, 0.29) is 13.2 Å². The van der Waals surface area contributed by atoms with Crippen molar-refractivity contribution in [1.82, 2.24) is 0 Å². The maximum atomic E-state index is 9.91. The highest BCUT2D eigenvalue weighted by Crippen LogP contribution is 2.39. The zero-order valence-corrected chi connectivity index (χ0v) is 19.6. The predicted octanol–water partition coefficient (Wildman–Crippen LogP) is 6.97. The van der Waals surface area contributed by atoms with Gasteiger partial charge < -0.3 is 10.2 Å². The minimum Gasteiger partial charge on any atom is -0.392 e. The fourth-order valence-corrected chi connectivity index (χ4v) is 6.10. The maximum absolute atomic E-state index is 9.91. The van der Waals surface area contributed by atoms with Crippen molar-refractivity contribution in [3.05, 3.63) is 68.8 Å². The molecule has 2 fully saturated rings. The van der Waals surface area contributed by atoms with Gasteiger partial charge in [0.25, 0.3) is 0 Å². The molecular formula is C29H40O2. The minimum atomic E-state index is 0.128. The second kappa shape index (κ2) is 10.3. The molecule has 2 nitrogen and oxygen atoms in total. The molecule has 0 heterocycles. The summed E-state index contributed by atoms with van der Waals surface area (Å²) in [7, 11) is 0. The van der Waals surface area contributed by atoms with Gasteiger partial charge in [-0.25, -0.2) is 0 Å². The first-order chi connectivity index (χ1) is 15.1. The normalized spacial score (nSPS) is 18.5. The van der Waals surface area contributed by atoms with Crippen LogP contribution in [0.3, 0.4) is 0 Å². The molecule has 4 rings (SSSR count). The zero-order chi connectivity index (χ0) is 21.8. The van der Waals surface area contributed by atoms with Gasteiger partial charge in [-0.1, -0.05) is 62.8 Å². The summed E-state index contributed by atoms with van der Waals surface area (Å²) in [4.78, 5) is 0. The summed E-state index contributed by atoms with van der Waals surface area (Å²) in [5.74, 6) is 1.26. The fourth-order valence-electron chi connectivity index (χ4n) is 6.10. The topological polar surface area (TPSA) is 40.5 Å². The summed E-state index contributed by atoms with van der Waals surface area (Å²) in [5.41, 5.74) is 10.5. The van der Waals surface area contributed by atoms with E-state index < -0.39 is 0 Å². The Morgan fingerprint density at radius 1 is 0.581 bits per heavy atom. The van der Waals surface area contributed by atoms with E-state index in [0.29, 0.717) is 11.8 Å². The molecule has 0 bridgehead atoms. The molecule has 2 aromatic carbocycles. The first-order valence-corrected chi connectivity index (χ1v) is 12.6. The molecule has 0 saturated heterocycles. The Balaban J connectivity index is 1.75. The molecule has 2 aromatic rings. The van der Waals surface area contributed by atoms with Gasteiger partial charge in [-0.3, -0.25) is 0 Å². The van der Waals surface area contributed by atoms with Crippen LogP contribution in [0.1, 0.15) is 121 Å². The molecule has 2 aliphatic rings. The van der Waals surface area contributed by atoms with E-state index in [1.54, 1.807) is 0 Å². The van der Waals surface area contributed by atoms with Crippen molar-refractivity contribution in [2.45, 2.75) is 110 Å². The third-order valence-corrected chi connectivity index (χ3v) is 8.01. The van der Waals surface area contributed by atoms with E-state index >= 15 is 0 Å². The molecule has 0 aromatic heterocycles. The van der Waals surface area contributed by atoms with Crippen molar-refractivity contribution < 1.29 is 10.2 Å². The van der Waals surface area contributed by atoms with Gasteiger partial charge >= 0.3 is 0 Å². The number of hydrogen-bond acceptors (Lipinski definition) is 2. The van der Waals surface area contributed by atoms with Gasteiger partial charge in [0.15, 0.2) is 0 Å². The third-order valence-electron chi connectivity index (χ3n) is 8.01. The molecule has 0 aliphatic heterocycles. The summed E-state index contributed by atoms with van der Waals surface area (Å²) in [6.45, 7) is 4.54. The third kappa shape index (κ3) is 5.07. The largest absolute Gasteiger partial charge is 0.392 e. The molecule has 2 saturated carbocycles.